The smallest absolute Gasteiger partial charge is 0.227 e. The highest BCUT2D eigenvalue weighted by molar-refractivity contribution is 5.80. The normalized spacial score (nSPS) is 32.7. The SMILES string of the molecule is CC(CC1CC1)NC(=O)C1COCC1N. The molecule has 15 heavy (non-hydrogen) atoms. The van der Waals surface area contributed by atoms with Crippen LogP contribution in [0, 0.1) is 11.8 Å². The van der Waals surface area contributed by atoms with Crippen molar-refractivity contribution in [2.45, 2.75) is 38.3 Å². The maximum absolute atomic E-state index is 11.8. The van der Waals surface area contributed by atoms with E-state index >= 15 is 0 Å². The van der Waals surface area contributed by atoms with Crippen LogP contribution in [-0.4, -0.2) is 31.2 Å². The molecule has 1 saturated heterocycles. The van der Waals surface area contributed by atoms with E-state index in [9.17, 15) is 4.79 Å². The molecule has 4 nitrogen and oxygen atoms in total. The van der Waals surface area contributed by atoms with Gasteiger partial charge in [0.2, 0.25) is 5.91 Å². The second-order valence-corrected chi connectivity index (χ2v) is 4.90. The van der Waals surface area contributed by atoms with E-state index in [2.05, 4.69) is 12.2 Å². The number of amides is 1. The Balaban J connectivity index is 1.74. The lowest BCUT2D eigenvalue weighted by atomic mass is 10.0. The molecular weight excluding hydrogens is 192 g/mol. The van der Waals surface area contributed by atoms with Gasteiger partial charge < -0.3 is 15.8 Å². The number of nitrogens with two attached hydrogens (primary N) is 1. The van der Waals surface area contributed by atoms with Crippen LogP contribution in [0.5, 0.6) is 0 Å². The molecule has 2 fully saturated rings. The molecule has 1 aliphatic carbocycles. The first-order valence-corrected chi connectivity index (χ1v) is 5.80. The third-order valence-corrected chi connectivity index (χ3v) is 3.23. The zero-order chi connectivity index (χ0) is 10.8. The van der Waals surface area contributed by atoms with Crippen molar-refractivity contribution >= 4 is 5.91 Å². The number of hydrogen-bond acceptors (Lipinski definition) is 3. The molecule has 2 rings (SSSR count). The molecule has 3 unspecified atom stereocenters. The van der Waals surface area contributed by atoms with E-state index in [0.29, 0.717) is 13.2 Å². The molecule has 0 aromatic rings. The van der Waals surface area contributed by atoms with Crippen LogP contribution >= 0.6 is 0 Å². The number of carbonyl (C=O) groups excluding carboxylic acids is 1. The van der Waals surface area contributed by atoms with E-state index in [-0.39, 0.29) is 23.9 Å². The maximum atomic E-state index is 11.8. The first-order valence-electron chi connectivity index (χ1n) is 5.80. The molecular formula is C11H20N2O2. The highest BCUT2D eigenvalue weighted by Gasteiger charge is 2.32. The second kappa shape index (κ2) is 4.49. The lowest BCUT2D eigenvalue weighted by molar-refractivity contribution is -0.125. The third-order valence-electron chi connectivity index (χ3n) is 3.23. The first-order chi connectivity index (χ1) is 7.16. The zero-order valence-electron chi connectivity index (χ0n) is 9.24. The van der Waals surface area contributed by atoms with E-state index in [0.717, 1.165) is 12.3 Å². The molecule has 1 heterocycles. The average molecular weight is 212 g/mol. The van der Waals surface area contributed by atoms with Gasteiger partial charge in [-0.15, -0.1) is 0 Å². The molecule has 86 valence electrons. The van der Waals surface area contributed by atoms with Gasteiger partial charge in [0.15, 0.2) is 0 Å². The van der Waals surface area contributed by atoms with Crippen LogP contribution in [0.2, 0.25) is 0 Å². The Morgan fingerprint density at radius 2 is 2.27 bits per heavy atom. The molecule has 0 aromatic heterocycles. The number of carbonyl (C=O) groups is 1. The Morgan fingerprint density at radius 3 is 2.80 bits per heavy atom. The van der Waals surface area contributed by atoms with Crippen molar-refractivity contribution in [2.75, 3.05) is 13.2 Å². The van der Waals surface area contributed by atoms with Gasteiger partial charge in [0.1, 0.15) is 0 Å². The van der Waals surface area contributed by atoms with E-state index in [1.807, 2.05) is 0 Å². The molecule has 4 heteroatoms. The van der Waals surface area contributed by atoms with Gasteiger partial charge in [0, 0.05) is 12.1 Å². The average Bonchev–Trinajstić information content (AvgIpc) is 2.85. The molecule has 0 aromatic carbocycles. The molecule has 0 spiro atoms. The van der Waals surface area contributed by atoms with Crippen molar-refractivity contribution < 1.29 is 9.53 Å². The summed E-state index contributed by atoms with van der Waals surface area (Å²) in [6.45, 7) is 3.05. The highest BCUT2D eigenvalue weighted by atomic mass is 16.5. The third kappa shape index (κ3) is 2.92. The van der Waals surface area contributed by atoms with E-state index in [4.69, 9.17) is 10.5 Å². The summed E-state index contributed by atoms with van der Waals surface area (Å²) in [6, 6.07) is 0.149. The van der Waals surface area contributed by atoms with Crippen molar-refractivity contribution in [3.05, 3.63) is 0 Å². The number of rotatable bonds is 4. The largest absolute Gasteiger partial charge is 0.379 e. The number of nitrogens with one attached hydrogen (secondary N) is 1. The molecule has 0 radical (unpaired) electrons. The van der Waals surface area contributed by atoms with Crippen LogP contribution in [-0.2, 0) is 9.53 Å². The first kappa shape index (κ1) is 10.9. The predicted octanol–water partition coefficient (Wildman–Crippen LogP) is 0.265. The minimum absolute atomic E-state index is 0.0631. The van der Waals surface area contributed by atoms with Crippen molar-refractivity contribution in [1.82, 2.24) is 5.32 Å². The molecule has 1 saturated carbocycles. The van der Waals surface area contributed by atoms with Crippen LogP contribution < -0.4 is 11.1 Å². The summed E-state index contributed by atoms with van der Waals surface area (Å²) in [5, 5.41) is 3.02. The van der Waals surface area contributed by atoms with Crippen molar-refractivity contribution in [3.63, 3.8) is 0 Å². The van der Waals surface area contributed by atoms with Gasteiger partial charge in [0.25, 0.3) is 0 Å². The molecule has 0 bridgehead atoms. The van der Waals surface area contributed by atoms with Crippen molar-refractivity contribution in [1.29, 1.82) is 0 Å². The van der Waals surface area contributed by atoms with Gasteiger partial charge >= 0.3 is 0 Å². The number of hydrogen-bond donors (Lipinski definition) is 2. The second-order valence-electron chi connectivity index (χ2n) is 4.90. The minimum atomic E-state index is -0.147. The van der Waals surface area contributed by atoms with Gasteiger partial charge in [-0.2, -0.15) is 0 Å². The molecule has 1 aliphatic heterocycles. The lowest BCUT2D eigenvalue weighted by Gasteiger charge is -2.18. The van der Waals surface area contributed by atoms with Crippen LogP contribution in [0.1, 0.15) is 26.2 Å². The van der Waals surface area contributed by atoms with Gasteiger partial charge in [-0.05, 0) is 19.3 Å². The van der Waals surface area contributed by atoms with Gasteiger partial charge in [-0.1, -0.05) is 12.8 Å². The van der Waals surface area contributed by atoms with Gasteiger partial charge in [-0.25, -0.2) is 0 Å². The monoisotopic (exact) mass is 212 g/mol. The van der Waals surface area contributed by atoms with Gasteiger partial charge in [0.05, 0.1) is 19.1 Å². The lowest BCUT2D eigenvalue weighted by Crippen LogP contribution is -2.44. The van der Waals surface area contributed by atoms with Gasteiger partial charge in [-0.3, -0.25) is 4.79 Å². The standard InChI is InChI=1S/C11H20N2O2/c1-7(4-8-2-3-8)13-11(14)9-5-15-6-10(9)12/h7-10H,2-6,12H2,1H3,(H,13,14). The molecule has 2 aliphatic rings. The van der Waals surface area contributed by atoms with Crippen molar-refractivity contribution in [2.24, 2.45) is 17.6 Å². The Kier molecular flexibility index (Phi) is 3.26. The van der Waals surface area contributed by atoms with E-state index in [1.54, 1.807) is 0 Å². The van der Waals surface area contributed by atoms with Crippen LogP contribution in [0.25, 0.3) is 0 Å². The highest BCUT2D eigenvalue weighted by Crippen LogP contribution is 2.33. The topological polar surface area (TPSA) is 64.3 Å². The van der Waals surface area contributed by atoms with Crippen LogP contribution in [0.15, 0.2) is 0 Å². The fraction of sp³-hybridized carbons (Fsp3) is 0.909. The maximum Gasteiger partial charge on any atom is 0.227 e. The molecule has 1 amide bonds. The fourth-order valence-corrected chi connectivity index (χ4v) is 2.10. The van der Waals surface area contributed by atoms with Crippen LogP contribution in [0.3, 0.4) is 0 Å². The van der Waals surface area contributed by atoms with E-state index < -0.39 is 0 Å². The summed E-state index contributed by atoms with van der Waals surface area (Å²) < 4.78 is 5.18. The molecule has 3 N–H and O–H groups in total. The Labute approximate surface area is 90.5 Å². The predicted molar refractivity (Wildman–Crippen MR) is 57.2 cm³/mol. The summed E-state index contributed by atoms with van der Waals surface area (Å²) in [5.41, 5.74) is 5.78. The Morgan fingerprint density at radius 1 is 1.53 bits per heavy atom. The quantitative estimate of drug-likeness (QED) is 0.703. The fourth-order valence-electron chi connectivity index (χ4n) is 2.10. The van der Waals surface area contributed by atoms with Crippen molar-refractivity contribution in [3.8, 4) is 0 Å². The molecule has 3 atom stereocenters. The summed E-state index contributed by atoms with van der Waals surface area (Å²) in [5.74, 6) is 0.758. The zero-order valence-corrected chi connectivity index (χ0v) is 9.24. The summed E-state index contributed by atoms with van der Waals surface area (Å²) in [7, 11) is 0. The minimum Gasteiger partial charge on any atom is -0.379 e. The summed E-state index contributed by atoms with van der Waals surface area (Å²) in [6.07, 6.45) is 3.76. The Hall–Kier alpha value is -0.610. The number of ether oxygens (including phenoxy) is 1. The Bertz CT molecular complexity index is 241. The summed E-state index contributed by atoms with van der Waals surface area (Å²) in [4.78, 5) is 11.8. The van der Waals surface area contributed by atoms with Crippen LogP contribution in [0.4, 0.5) is 0 Å². The van der Waals surface area contributed by atoms with E-state index in [1.165, 1.54) is 12.8 Å². The summed E-state index contributed by atoms with van der Waals surface area (Å²) >= 11 is 0.